The van der Waals surface area contributed by atoms with Gasteiger partial charge in [-0.3, -0.25) is 0 Å². The number of fused-ring (bicyclic) bond motifs is 1. The van der Waals surface area contributed by atoms with E-state index in [2.05, 4.69) is 40.8 Å². The van der Waals surface area contributed by atoms with E-state index in [0.29, 0.717) is 0 Å². The van der Waals surface area contributed by atoms with E-state index in [-0.39, 0.29) is 0 Å². The number of nitrogens with zero attached hydrogens (tertiary/aromatic N) is 6. The first-order chi connectivity index (χ1) is 9.71. The summed E-state index contributed by atoms with van der Waals surface area (Å²) in [7, 11) is 2.16. The van der Waals surface area contributed by atoms with Gasteiger partial charge in [0.2, 0.25) is 5.95 Å². The van der Waals surface area contributed by atoms with Crippen molar-refractivity contribution in [3.05, 3.63) is 17.6 Å². The number of anilines is 1. The van der Waals surface area contributed by atoms with Crippen molar-refractivity contribution >= 4 is 11.6 Å². The molecule has 0 atom stereocenters. The minimum absolute atomic E-state index is 0.852. The van der Waals surface area contributed by atoms with Gasteiger partial charge < -0.3 is 9.80 Å². The van der Waals surface area contributed by atoms with Crippen LogP contribution in [0.2, 0.25) is 0 Å². The van der Waals surface area contributed by atoms with Crippen molar-refractivity contribution in [1.82, 2.24) is 24.5 Å². The Hall–Kier alpha value is -1.69. The third kappa shape index (κ3) is 2.35. The van der Waals surface area contributed by atoms with Crippen LogP contribution in [0.5, 0.6) is 0 Å². The molecule has 1 aliphatic heterocycles. The molecule has 0 aliphatic carbocycles. The van der Waals surface area contributed by atoms with Crippen LogP contribution in [0.3, 0.4) is 0 Å². The molecule has 0 saturated carbocycles. The van der Waals surface area contributed by atoms with Crippen LogP contribution in [0.15, 0.2) is 6.07 Å². The molecule has 1 aliphatic rings. The summed E-state index contributed by atoms with van der Waals surface area (Å²) in [6.45, 7) is 8.33. The highest BCUT2D eigenvalue weighted by atomic mass is 15.4. The van der Waals surface area contributed by atoms with Gasteiger partial charge in [-0.1, -0.05) is 13.8 Å². The molecule has 1 saturated heterocycles. The van der Waals surface area contributed by atoms with Crippen molar-refractivity contribution in [3.8, 4) is 0 Å². The summed E-state index contributed by atoms with van der Waals surface area (Å²) < 4.78 is 1.91. The van der Waals surface area contributed by atoms with Gasteiger partial charge in [0.05, 0.1) is 0 Å². The van der Waals surface area contributed by atoms with Gasteiger partial charge in [-0.25, -0.2) is 9.97 Å². The van der Waals surface area contributed by atoms with E-state index < -0.39 is 0 Å². The molecule has 3 rings (SSSR count). The number of hydrogen-bond donors (Lipinski definition) is 0. The Balaban J connectivity index is 2.05. The van der Waals surface area contributed by atoms with E-state index in [1.165, 1.54) is 0 Å². The van der Waals surface area contributed by atoms with Crippen molar-refractivity contribution in [2.75, 3.05) is 38.1 Å². The maximum atomic E-state index is 4.78. The second-order valence-corrected chi connectivity index (χ2v) is 5.34. The van der Waals surface area contributed by atoms with Crippen molar-refractivity contribution in [2.24, 2.45) is 0 Å². The second-order valence-electron chi connectivity index (χ2n) is 5.34. The maximum absolute atomic E-state index is 4.78. The van der Waals surface area contributed by atoms with Gasteiger partial charge in [0.25, 0.3) is 0 Å². The Kier molecular flexibility index (Phi) is 3.56. The molecule has 0 amide bonds. The summed E-state index contributed by atoms with van der Waals surface area (Å²) in [5.74, 6) is 1.83. The summed E-state index contributed by atoms with van der Waals surface area (Å²) in [6.07, 6.45) is 1.77. The van der Waals surface area contributed by atoms with Crippen LogP contribution in [-0.2, 0) is 12.8 Å². The van der Waals surface area contributed by atoms with Crippen LogP contribution >= 0.6 is 0 Å². The predicted molar refractivity (Wildman–Crippen MR) is 79.2 cm³/mol. The molecule has 3 heterocycles. The molecule has 0 unspecified atom stereocenters. The highest BCUT2D eigenvalue weighted by Gasteiger charge is 2.20. The minimum atomic E-state index is 0.852. The van der Waals surface area contributed by atoms with Crippen molar-refractivity contribution < 1.29 is 0 Å². The molecule has 6 heteroatoms. The Morgan fingerprint density at radius 3 is 2.45 bits per heavy atom. The van der Waals surface area contributed by atoms with Crippen molar-refractivity contribution in [3.63, 3.8) is 0 Å². The first-order valence-electron chi connectivity index (χ1n) is 7.40. The summed E-state index contributed by atoms with van der Waals surface area (Å²) in [5.41, 5.74) is 2.00. The van der Waals surface area contributed by atoms with Crippen LogP contribution in [0, 0.1) is 0 Å². The first kappa shape index (κ1) is 13.3. The van der Waals surface area contributed by atoms with Gasteiger partial charge in [0, 0.05) is 44.4 Å². The lowest BCUT2D eigenvalue weighted by atomic mass is 10.3. The zero-order valence-electron chi connectivity index (χ0n) is 12.5. The standard InChI is InChI=1S/C14H22N6/c1-4-11-10-13-16-12(5-2)17-20(13)14(15-11)19-8-6-18(3)7-9-19/h10H,4-9H2,1-3H3. The molecule has 1 fully saturated rings. The van der Waals surface area contributed by atoms with Crippen LogP contribution in [0.4, 0.5) is 5.95 Å². The van der Waals surface area contributed by atoms with Crippen molar-refractivity contribution in [1.29, 1.82) is 0 Å². The Labute approximate surface area is 119 Å². The molecular weight excluding hydrogens is 252 g/mol. The fourth-order valence-corrected chi connectivity index (χ4v) is 2.51. The van der Waals surface area contributed by atoms with Crippen molar-refractivity contribution in [2.45, 2.75) is 26.7 Å². The largest absolute Gasteiger partial charge is 0.338 e. The number of likely N-dealkylation sites (N-methyl/N-ethyl adjacent to an activating group) is 1. The molecule has 0 bridgehead atoms. The molecule has 0 spiro atoms. The topological polar surface area (TPSA) is 49.6 Å². The van der Waals surface area contributed by atoms with Gasteiger partial charge in [-0.15, -0.1) is 5.10 Å². The Bertz CT molecular complexity index is 597. The molecule has 0 aromatic carbocycles. The average Bonchev–Trinajstić information content (AvgIpc) is 2.90. The SMILES string of the molecule is CCc1cc2nc(CC)nn2c(N2CCN(C)CC2)n1. The highest BCUT2D eigenvalue weighted by molar-refractivity contribution is 5.47. The van der Waals surface area contributed by atoms with E-state index in [1.54, 1.807) is 0 Å². The van der Waals surface area contributed by atoms with Gasteiger partial charge in [-0.2, -0.15) is 4.52 Å². The third-order valence-electron chi connectivity index (χ3n) is 3.87. The first-order valence-corrected chi connectivity index (χ1v) is 7.40. The summed E-state index contributed by atoms with van der Waals surface area (Å²) in [6, 6.07) is 2.05. The average molecular weight is 274 g/mol. The molecule has 108 valence electrons. The summed E-state index contributed by atoms with van der Waals surface area (Å²) in [4.78, 5) is 14.0. The van der Waals surface area contributed by atoms with Crippen LogP contribution in [0.1, 0.15) is 25.4 Å². The minimum Gasteiger partial charge on any atom is -0.338 e. The zero-order chi connectivity index (χ0) is 14.1. The lowest BCUT2D eigenvalue weighted by molar-refractivity contribution is 0.310. The smallest absolute Gasteiger partial charge is 0.228 e. The van der Waals surface area contributed by atoms with E-state index in [4.69, 9.17) is 4.98 Å². The van der Waals surface area contributed by atoms with Crippen LogP contribution in [0.25, 0.3) is 5.65 Å². The van der Waals surface area contributed by atoms with E-state index in [1.807, 2.05) is 10.6 Å². The third-order valence-corrected chi connectivity index (χ3v) is 3.87. The lowest BCUT2D eigenvalue weighted by Gasteiger charge is -2.33. The van der Waals surface area contributed by atoms with Gasteiger partial charge >= 0.3 is 0 Å². The van der Waals surface area contributed by atoms with Crippen LogP contribution < -0.4 is 4.90 Å². The quantitative estimate of drug-likeness (QED) is 0.836. The van der Waals surface area contributed by atoms with E-state index in [9.17, 15) is 0 Å². The molecule has 2 aromatic rings. The molecule has 2 aromatic heterocycles. The monoisotopic (exact) mass is 274 g/mol. The summed E-state index contributed by atoms with van der Waals surface area (Å²) >= 11 is 0. The number of hydrogen-bond acceptors (Lipinski definition) is 5. The van der Waals surface area contributed by atoms with Crippen LogP contribution in [-0.4, -0.2) is 57.7 Å². The Morgan fingerprint density at radius 2 is 1.80 bits per heavy atom. The second kappa shape index (κ2) is 5.36. The molecule has 0 radical (unpaired) electrons. The maximum Gasteiger partial charge on any atom is 0.228 e. The number of aromatic nitrogens is 4. The van der Waals surface area contributed by atoms with Gasteiger partial charge in [-0.05, 0) is 13.5 Å². The molecule has 20 heavy (non-hydrogen) atoms. The fourth-order valence-electron chi connectivity index (χ4n) is 2.51. The summed E-state index contributed by atoms with van der Waals surface area (Å²) in [5, 5.41) is 4.59. The molecule has 6 nitrogen and oxygen atoms in total. The van der Waals surface area contributed by atoms with E-state index in [0.717, 1.165) is 62.1 Å². The molecular formula is C14H22N6. The number of rotatable bonds is 3. The normalized spacial score (nSPS) is 17.1. The van der Waals surface area contributed by atoms with Gasteiger partial charge in [0.1, 0.15) is 0 Å². The molecule has 0 N–H and O–H groups in total. The highest BCUT2D eigenvalue weighted by Crippen LogP contribution is 2.17. The number of aryl methyl sites for hydroxylation is 2. The fraction of sp³-hybridized carbons (Fsp3) is 0.643. The predicted octanol–water partition coefficient (Wildman–Crippen LogP) is 1.00. The lowest BCUT2D eigenvalue weighted by Crippen LogP contribution is -2.45. The number of piperazine rings is 1. The van der Waals surface area contributed by atoms with E-state index >= 15 is 0 Å². The zero-order valence-corrected chi connectivity index (χ0v) is 12.5. The Morgan fingerprint density at radius 1 is 1.05 bits per heavy atom. The van der Waals surface area contributed by atoms with Gasteiger partial charge in [0.15, 0.2) is 11.5 Å².